The van der Waals surface area contributed by atoms with Crippen molar-refractivity contribution in [1.82, 2.24) is 10.2 Å². The highest BCUT2D eigenvalue weighted by molar-refractivity contribution is 5.84. The van der Waals surface area contributed by atoms with E-state index in [9.17, 15) is 4.79 Å². The van der Waals surface area contributed by atoms with Crippen molar-refractivity contribution in [2.75, 3.05) is 26.2 Å². The number of carbonyl (C=O) groups excluding carboxylic acids is 1. The number of likely N-dealkylation sites (N-methyl/N-ethyl adjacent to an activating group) is 1. The number of aliphatic hydroxyl groups excluding tert-OH is 1. The summed E-state index contributed by atoms with van der Waals surface area (Å²) < 4.78 is 0. The number of aliphatic hydroxyl groups is 1. The van der Waals surface area contributed by atoms with Crippen LogP contribution in [-0.4, -0.2) is 48.2 Å². The SMILES string of the molecule is CCNC1CCN(CC(C)(C)CCCO)C1=O. The highest BCUT2D eigenvalue weighted by atomic mass is 16.2. The summed E-state index contributed by atoms with van der Waals surface area (Å²) in [4.78, 5) is 14.0. The van der Waals surface area contributed by atoms with Gasteiger partial charge in [0, 0.05) is 19.7 Å². The Balaban J connectivity index is 2.44. The minimum atomic E-state index is 0.0219. The molecule has 0 aliphatic carbocycles. The lowest BCUT2D eigenvalue weighted by molar-refractivity contribution is -0.130. The first-order chi connectivity index (χ1) is 8.00. The number of carbonyl (C=O) groups is 1. The van der Waals surface area contributed by atoms with E-state index >= 15 is 0 Å². The first-order valence-corrected chi connectivity index (χ1v) is 6.63. The number of nitrogens with zero attached hydrogens (tertiary/aromatic N) is 1. The molecule has 1 atom stereocenters. The monoisotopic (exact) mass is 242 g/mol. The summed E-state index contributed by atoms with van der Waals surface area (Å²) in [7, 11) is 0. The van der Waals surface area contributed by atoms with Gasteiger partial charge >= 0.3 is 0 Å². The van der Waals surface area contributed by atoms with E-state index in [2.05, 4.69) is 19.2 Å². The molecule has 4 nitrogen and oxygen atoms in total. The van der Waals surface area contributed by atoms with Crippen LogP contribution in [0.25, 0.3) is 0 Å². The van der Waals surface area contributed by atoms with Crippen molar-refractivity contribution >= 4 is 5.91 Å². The molecular weight excluding hydrogens is 216 g/mol. The van der Waals surface area contributed by atoms with Gasteiger partial charge in [-0.25, -0.2) is 0 Å². The van der Waals surface area contributed by atoms with Crippen molar-refractivity contribution in [3.63, 3.8) is 0 Å². The third-order valence-corrected chi connectivity index (χ3v) is 3.38. The first-order valence-electron chi connectivity index (χ1n) is 6.63. The Morgan fingerprint density at radius 1 is 1.53 bits per heavy atom. The maximum absolute atomic E-state index is 12.1. The number of hydrogen-bond donors (Lipinski definition) is 2. The lowest BCUT2D eigenvalue weighted by atomic mass is 9.87. The van der Waals surface area contributed by atoms with E-state index in [1.54, 1.807) is 0 Å². The Bertz CT molecular complexity index is 254. The van der Waals surface area contributed by atoms with Gasteiger partial charge in [-0.2, -0.15) is 0 Å². The number of nitrogens with one attached hydrogen (secondary N) is 1. The van der Waals surface area contributed by atoms with Gasteiger partial charge in [-0.3, -0.25) is 4.79 Å². The van der Waals surface area contributed by atoms with Crippen LogP contribution in [0.3, 0.4) is 0 Å². The number of likely N-dealkylation sites (tertiary alicyclic amines) is 1. The quantitative estimate of drug-likeness (QED) is 0.700. The van der Waals surface area contributed by atoms with Gasteiger partial charge in [0.2, 0.25) is 5.91 Å². The van der Waals surface area contributed by atoms with E-state index in [1.165, 1.54) is 0 Å². The Morgan fingerprint density at radius 2 is 2.24 bits per heavy atom. The average molecular weight is 242 g/mol. The minimum absolute atomic E-state index is 0.0219. The van der Waals surface area contributed by atoms with Crippen LogP contribution in [-0.2, 0) is 4.79 Å². The topological polar surface area (TPSA) is 52.6 Å². The zero-order valence-corrected chi connectivity index (χ0v) is 11.3. The van der Waals surface area contributed by atoms with Crippen LogP contribution < -0.4 is 5.32 Å². The maximum Gasteiger partial charge on any atom is 0.239 e. The zero-order valence-electron chi connectivity index (χ0n) is 11.3. The summed E-state index contributed by atoms with van der Waals surface area (Å²) in [6, 6.07) is 0.0219. The molecule has 0 aromatic carbocycles. The number of rotatable bonds is 7. The van der Waals surface area contributed by atoms with Crippen LogP contribution in [0.5, 0.6) is 0 Å². The largest absolute Gasteiger partial charge is 0.396 e. The summed E-state index contributed by atoms with van der Waals surface area (Å²) in [6.07, 6.45) is 2.69. The van der Waals surface area contributed by atoms with E-state index < -0.39 is 0 Å². The van der Waals surface area contributed by atoms with E-state index in [4.69, 9.17) is 5.11 Å². The van der Waals surface area contributed by atoms with Gasteiger partial charge in [0.1, 0.15) is 0 Å². The van der Waals surface area contributed by atoms with Gasteiger partial charge in [0.05, 0.1) is 6.04 Å². The van der Waals surface area contributed by atoms with Gasteiger partial charge in [-0.05, 0) is 31.2 Å². The van der Waals surface area contributed by atoms with E-state index in [-0.39, 0.29) is 24.0 Å². The fourth-order valence-corrected chi connectivity index (χ4v) is 2.49. The molecule has 17 heavy (non-hydrogen) atoms. The second-order valence-electron chi connectivity index (χ2n) is 5.65. The zero-order chi connectivity index (χ0) is 12.9. The Morgan fingerprint density at radius 3 is 2.82 bits per heavy atom. The number of amides is 1. The van der Waals surface area contributed by atoms with Crippen molar-refractivity contribution < 1.29 is 9.90 Å². The molecule has 0 aromatic rings. The highest BCUT2D eigenvalue weighted by Gasteiger charge is 2.33. The molecule has 0 radical (unpaired) electrons. The molecule has 0 saturated carbocycles. The third kappa shape index (κ3) is 4.28. The lowest BCUT2D eigenvalue weighted by Crippen LogP contribution is -2.41. The molecule has 1 fully saturated rings. The maximum atomic E-state index is 12.1. The fraction of sp³-hybridized carbons (Fsp3) is 0.923. The molecule has 0 bridgehead atoms. The Hall–Kier alpha value is -0.610. The molecule has 100 valence electrons. The second kappa shape index (κ2) is 6.36. The normalized spacial score (nSPS) is 21.3. The summed E-state index contributed by atoms with van der Waals surface area (Å²) in [5, 5.41) is 12.1. The van der Waals surface area contributed by atoms with E-state index in [1.807, 2.05) is 11.8 Å². The van der Waals surface area contributed by atoms with Gasteiger partial charge in [-0.15, -0.1) is 0 Å². The molecule has 1 aliphatic heterocycles. The molecular formula is C13H26N2O2. The molecule has 1 rings (SSSR count). The smallest absolute Gasteiger partial charge is 0.239 e. The Kier molecular flexibility index (Phi) is 5.40. The summed E-state index contributed by atoms with van der Waals surface area (Å²) in [6.45, 7) is 9.09. The van der Waals surface area contributed by atoms with Crippen molar-refractivity contribution in [3.05, 3.63) is 0 Å². The van der Waals surface area contributed by atoms with Crippen LogP contribution in [0.15, 0.2) is 0 Å². The molecule has 1 amide bonds. The van der Waals surface area contributed by atoms with E-state index in [0.717, 1.165) is 38.9 Å². The summed E-state index contributed by atoms with van der Waals surface area (Å²) in [5.74, 6) is 0.240. The predicted octanol–water partition coefficient (Wildman–Crippen LogP) is 0.995. The average Bonchev–Trinajstić information content (AvgIpc) is 2.59. The minimum Gasteiger partial charge on any atom is -0.396 e. The standard InChI is InChI=1S/C13H26N2O2/c1-4-14-11-6-8-15(12(11)17)10-13(2,3)7-5-9-16/h11,14,16H,4-10H2,1-3H3. The summed E-state index contributed by atoms with van der Waals surface area (Å²) >= 11 is 0. The third-order valence-electron chi connectivity index (χ3n) is 3.38. The molecule has 2 N–H and O–H groups in total. The molecule has 1 aliphatic rings. The molecule has 1 heterocycles. The van der Waals surface area contributed by atoms with Crippen molar-refractivity contribution in [2.45, 2.75) is 46.1 Å². The van der Waals surface area contributed by atoms with Gasteiger partial charge in [-0.1, -0.05) is 20.8 Å². The predicted molar refractivity (Wildman–Crippen MR) is 68.8 cm³/mol. The van der Waals surface area contributed by atoms with Crippen molar-refractivity contribution in [2.24, 2.45) is 5.41 Å². The fourth-order valence-electron chi connectivity index (χ4n) is 2.49. The van der Waals surface area contributed by atoms with Gasteiger partial charge < -0.3 is 15.3 Å². The molecule has 0 aromatic heterocycles. The van der Waals surface area contributed by atoms with Crippen LogP contribution in [0.1, 0.15) is 40.0 Å². The van der Waals surface area contributed by atoms with Gasteiger partial charge in [0.25, 0.3) is 0 Å². The van der Waals surface area contributed by atoms with E-state index in [0.29, 0.717) is 0 Å². The van der Waals surface area contributed by atoms with Crippen LogP contribution >= 0.6 is 0 Å². The molecule has 1 unspecified atom stereocenters. The van der Waals surface area contributed by atoms with Crippen LogP contribution in [0, 0.1) is 5.41 Å². The van der Waals surface area contributed by atoms with Gasteiger partial charge in [0.15, 0.2) is 0 Å². The van der Waals surface area contributed by atoms with Crippen LogP contribution in [0.4, 0.5) is 0 Å². The van der Waals surface area contributed by atoms with Crippen molar-refractivity contribution in [3.8, 4) is 0 Å². The molecule has 1 saturated heterocycles. The van der Waals surface area contributed by atoms with Crippen molar-refractivity contribution in [1.29, 1.82) is 0 Å². The second-order valence-corrected chi connectivity index (χ2v) is 5.65. The molecule has 4 heteroatoms. The first kappa shape index (κ1) is 14.5. The molecule has 0 spiro atoms. The Labute approximate surface area is 104 Å². The highest BCUT2D eigenvalue weighted by Crippen LogP contribution is 2.26. The van der Waals surface area contributed by atoms with Crippen LogP contribution in [0.2, 0.25) is 0 Å². The lowest BCUT2D eigenvalue weighted by Gasteiger charge is -2.30. The number of hydrogen-bond acceptors (Lipinski definition) is 3. The summed E-state index contributed by atoms with van der Waals surface area (Å²) in [5.41, 5.74) is 0.0967.